The molecule has 1 amide bonds. The number of carbonyl (C=O) groups excluding carboxylic acids is 1. The standard InChI is InChI=1S/C15H26N4O3S/c1-4-22-10-12(20)9-18-5-7-19(8-6-18)15(21)13-11(2)17-23-14(13)16-3/h12,16,20H,4-10H2,1-3H3. The third-order valence-corrected chi connectivity index (χ3v) is 4.90. The van der Waals surface area contributed by atoms with Crippen molar-refractivity contribution in [1.82, 2.24) is 14.2 Å². The maximum atomic E-state index is 12.7. The van der Waals surface area contributed by atoms with E-state index in [-0.39, 0.29) is 5.91 Å². The van der Waals surface area contributed by atoms with Crippen LogP contribution < -0.4 is 5.32 Å². The van der Waals surface area contributed by atoms with Crippen molar-refractivity contribution >= 4 is 22.4 Å². The largest absolute Gasteiger partial charge is 0.389 e. The molecule has 8 heteroatoms. The number of ether oxygens (including phenoxy) is 1. The van der Waals surface area contributed by atoms with E-state index in [0.717, 1.165) is 23.8 Å². The quantitative estimate of drug-likeness (QED) is 0.758. The van der Waals surface area contributed by atoms with Crippen molar-refractivity contribution in [3.05, 3.63) is 11.3 Å². The molecule has 1 unspecified atom stereocenters. The summed E-state index contributed by atoms with van der Waals surface area (Å²) >= 11 is 1.32. The number of carbonyl (C=O) groups is 1. The number of hydrogen-bond donors (Lipinski definition) is 2. The molecule has 130 valence electrons. The lowest BCUT2D eigenvalue weighted by atomic mass is 10.2. The molecule has 1 aromatic rings. The first-order chi connectivity index (χ1) is 11.1. The molecular weight excluding hydrogens is 316 g/mol. The van der Waals surface area contributed by atoms with Gasteiger partial charge in [-0.05, 0) is 25.4 Å². The Bertz CT molecular complexity index is 515. The normalized spacial score (nSPS) is 17.3. The fraction of sp³-hybridized carbons (Fsp3) is 0.733. The third kappa shape index (κ3) is 4.63. The maximum Gasteiger partial charge on any atom is 0.258 e. The lowest BCUT2D eigenvalue weighted by Crippen LogP contribution is -2.51. The van der Waals surface area contributed by atoms with Crippen LogP contribution in [0.3, 0.4) is 0 Å². The van der Waals surface area contributed by atoms with Gasteiger partial charge in [0.2, 0.25) is 0 Å². The molecule has 0 saturated carbocycles. The zero-order chi connectivity index (χ0) is 16.8. The van der Waals surface area contributed by atoms with Gasteiger partial charge in [-0.1, -0.05) is 0 Å². The lowest BCUT2D eigenvalue weighted by molar-refractivity contribution is 0.0111. The van der Waals surface area contributed by atoms with Gasteiger partial charge in [0.1, 0.15) is 5.00 Å². The second-order valence-corrected chi connectivity index (χ2v) is 6.40. The van der Waals surface area contributed by atoms with Crippen LogP contribution in [0.1, 0.15) is 23.0 Å². The number of rotatable bonds is 7. The molecule has 0 aromatic carbocycles. The first-order valence-corrected chi connectivity index (χ1v) is 8.75. The Morgan fingerprint density at radius 1 is 1.43 bits per heavy atom. The predicted octanol–water partition coefficient (Wildman–Crippen LogP) is 0.648. The predicted molar refractivity (Wildman–Crippen MR) is 91.2 cm³/mol. The molecule has 1 aliphatic rings. The number of aryl methyl sites for hydroxylation is 1. The molecule has 1 atom stereocenters. The Morgan fingerprint density at radius 3 is 2.74 bits per heavy atom. The van der Waals surface area contributed by atoms with Crippen LogP contribution in [-0.2, 0) is 4.74 Å². The molecule has 0 radical (unpaired) electrons. The Labute approximate surface area is 141 Å². The van der Waals surface area contributed by atoms with Crippen molar-refractivity contribution < 1.29 is 14.6 Å². The van der Waals surface area contributed by atoms with Crippen LogP contribution in [0.15, 0.2) is 0 Å². The number of anilines is 1. The molecule has 1 aliphatic heterocycles. The first-order valence-electron chi connectivity index (χ1n) is 7.98. The SMILES string of the molecule is CCOCC(O)CN1CCN(C(=O)c2c(C)nsc2NC)CC1. The van der Waals surface area contributed by atoms with E-state index < -0.39 is 6.10 Å². The van der Waals surface area contributed by atoms with Crippen LogP contribution in [0.4, 0.5) is 5.00 Å². The summed E-state index contributed by atoms with van der Waals surface area (Å²) in [4.78, 5) is 16.7. The Morgan fingerprint density at radius 2 is 2.13 bits per heavy atom. The maximum absolute atomic E-state index is 12.7. The van der Waals surface area contributed by atoms with Crippen molar-refractivity contribution in [2.24, 2.45) is 0 Å². The van der Waals surface area contributed by atoms with E-state index in [9.17, 15) is 9.90 Å². The number of piperazine rings is 1. The fourth-order valence-electron chi connectivity index (χ4n) is 2.69. The van der Waals surface area contributed by atoms with Crippen LogP contribution in [0.5, 0.6) is 0 Å². The fourth-order valence-corrected chi connectivity index (χ4v) is 3.43. The minimum absolute atomic E-state index is 0.0371. The van der Waals surface area contributed by atoms with E-state index in [2.05, 4.69) is 14.6 Å². The second-order valence-electron chi connectivity index (χ2n) is 5.63. The number of nitrogens with one attached hydrogen (secondary N) is 1. The average molecular weight is 342 g/mol. The number of aliphatic hydroxyl groups excluding tert-OH is 1. The molecule has 0 spiro atoms. The van der Waals surface area contributed by atoms with Crippen molar-refractivity contribution in [2.45, 2.75) is 20.0 Å². The van der Waals surface area contributed by atoms with Crippen LogP contribution in [0.25, 0.3) is 0 Å². The minimum Gasteiger partial charge on any atom is -0.389 e. The highest BCUT2D eigenvalue weighted by Crippen LogP contribution is 2.25. The van der Waals surface area contributed by atoms with Gasteiger partial charge in [0.05, 0.1) is 24.0 Å². The smallest absolute Gasteiger partial charge is 0.258 e. The lowest BCUT2D eigenvalue weighted by Gasteiger charge is -2.35. The number of amides is 1. The van der Waals surface area contributed by atoms with Crippen molar-refractivity contribution in [1.29, 1.82) is 0 Å². The summed E-state index contributed by atoms with van der Waals surface area (Å²) < 4.78 is 9.49. The van der Waals surface area contributed by atoms with Gasteiger partial charge in [0.15, 0.2) is 0 Å². The highest BCUT2D eigenvalue weighted by Gasteiger charge is 2.27. The Balaban J connectivity index is 1.86. The van der Waals surface area contributed by atoms with E-state index in [4.69, 9.17) is 4.74 Å². The summed E-state index contributed by atoms with van der Waals surface area (Å²) in [5.74, 6) is 0.0371. The van der Waals surface area contributed by atoms with Crippen LogP contribution in [0, 0.1) is 6.92 Å². The van der Waals surface area contributed by atoms with Gasteiger partial charge < -0.3 is 20.1 Å². The highest BCUT2D eigenvalue weighted by atomic mass is 32.1. The molecule has 7 nitrogen and oxygen atoms in total. The number of aliphatic hydroxyl groups is 1. The average Bonchev–Trinajstić information content (AvgIpc) is 2.93. The summed E-state index contributed by atoms with van der Waals surface area (Å²) in [5, 5.41) is 13.8. The topological polar surface area (TPSA) is 77.9 Å². The summed E-state index contributed by atoms with van der Waals surface area (Å²) in [6.45, 7) is 8.20. The van der Waals surface area contributed by atoms with E-state index in [1.165, 1.54) is 11.5 Å². The van der Waals surface area contributed by atoms with Gasteiger partial charge in [-0.3, -0.25) is 9.69 Å². The van der Waals surface area contributed by atoms with E-state index in [1.807, 2.05) is 18.7 Å². The second kappa shape index (κ2) is 8.58. The highest BCUT2D eigenvalue weighted by molar-refractivity contribution is 7.10. The monoisotopic (exact) mass is 342 g/mol. The van der Waals surface area contributed by atoms with Gasteiger partial charge in [0.25, 0.3) is 5.91 Å². The summed E-state index contributed by atoms with van der Waals surface area (Å²) in [6, 6.07) is 0. The molecule has 0 aliphatic carbocycles. The van der Waals surface area contributed by atoms with Crippen LogP contribution in [-0.4, -0.2) is 84.3 Å². The van der Waals surface area contributed by atoms with E-state index in [0.29, 0.717) is 38.4 Å². The molecule has 2 rings (SSSR count). The van der Waals surface area contributed by atoms with Gasteiger partial charge >= 0.3 is 0 Å². The van der Waals surface area contributed by atoms with Gasteiger partial charge in [-0.15, -0.1) is 0 Å². The van der Waals surface area contributed by atoms with E-state index >= 15 is 0 Å². The molecular formula is C15H26N4O3S. The summed E-state index contributed by atoms with van der Waals surface area (Å²) in [5.41, 5.74) is 1.46. The summed E-state index contributed by atoms with van der Waals surface area (Å²) in [7, 11) is 1.81. The van der Waals surface area contributed by atoms with Gasteiger partial charge in [0, 0.05) is 46.4 Å². The number of β-amino-alcohol motifs (C(OH)–C–C–N with tert-alkyl or cyclic N) is 1. The van der Waals surface area contributed by atoms with Gasteiger partial charge in [-0.2, -0.15) is 4.37 Å². The Kier molecular flexibility index (Phi) is 6.76. The number of aromatic nitrogens is 1. The van der Waals surface area contributed by atoms with Crippen molar-refractivity contribution in [3.8, 4) is 0 Å². The van der Waals surface area contributed by atoms with Crippen molar-refractivity contribution in [3.63, 3.8) is 0 Å². The summed E-state index contributed by atoms with van der Waals surface area (Å²) in [6.07, 6.45) is -0.476. The third-order valence-electron chi connectivity index (χ3n) is 3.95. The van der Waals surface area contributed by atoms with E-state index in [1.54, 1.807) is 7.05 Å². The molecule has 2 N–H and O–H groups in total. The zero-order valence-corrected chi connectivity index (χ0v) is 14.9. The number of nitrogens with zero attached hydrogens (tertiary/aromatic N) is 3. The Hall–Kier alpha value is -1.22. The molecule has 0 bridgehead atoms. The molecule has 1 saturated heterocycles. The van der Waals surface area contributed by atoms with Crippen molar-refractivity contribution in [2.75, 3.05) is 58.3 Å². The molecule has 1 aromatic heterocycles. The van der Waals surface area contributed by atoms with Crippen LogP contribution >= 0.6 is 11.5 Å². The molecule has 2 heterocycles. The zero-order valence-electron chi connectivity index (χ0n) is 14.0. The first kappa shape index (κ1) is 18.1. The number of hydrogen-bond acceptors (Lipinski definition) is 7. The van der Waals surface area contributed by atoms with Gasteiger partial charge in [-0.25, -0.2) is 0 Å². The molecule has 1 fully saturated rings. The van der Waals surface area contributed by atoms with Crippen LogP contribution in [0.2, 0.25) is 0 Å². The molecule has 23 heavy (non-hydrogen) atoms. The minimum atomic E-state index is -0.476.